The normalized spacial score (nSPS) is 31.5. The van der Waals surface area contributed by atoms with Gasteiger partial charge in [-0.15, -0.1) is 0 Å². The Balaban J connectivity index is 1.59. The number of phenolic OH excluding ortho intramolecular Hbond substituents is 1. The number of nitrogens with two attached hydrogens (primary N) is 1. The van der Waals surface area contributed by atoms with Crippen molar-refractivity contribution in [1.29, 1.82) is 0 Å². The lowest BCUT2D eigenvalue weighted by atomic mass is 9.59. The second-order valence-corrected chi connectivity index (χ2v) is 11.3. The first-order valence-electron chi connectivity index (χ1n) is 13.4. The number of likely N-dealkylation sites (tertiary alicyclic amines) is 1. The van der Waals surface area contributed by atoms with Gasteiger partial charge in [0.15, 0.2) is 5.78 Å². The molecule has 36 heavy (non-hydrogen) atoms. The highest BCUT2D eigenvalue weighted by Crippen LogP contribution is 2.53. The van der Waals surface area contributed by atoms with Crippen LogP contribution in [0, 0.1) is 17.8 Å². The minimum atomic E-state index is -0.626. The highest BCUT2D eigenvalue weighted by molar-refractivity contribution is 6.13. The number of aliphatic hydroxyl groups is 1. The molecule has 1 aliphatic heterocycles. The number of hydrogen-bond donors (Lipinski definition) is 3. The van der Waals surface area contributed by atoms with Gasteiger partial charge in [0, 0.05) is 36.5 Å². The fourth-order valence-corrected chi connectivity index (χ4v) is 7.56. The number of primary amides is 1. The summed E-state index contributed by atoms with van der Waals surface area (Å²) in [6, 6.07) is 4.66. The zero-order chi connectivity index (χ0) is 25.9. The lowest BCUT2D eigenvalue weighted by Gasteiger charge is -2.44. The number of rotatable bonds is 4. The van der Waals surface area contributed by atoms with Gasteiger partial charge in [-0.3, -0.25) is 14.5 Å². The van der Waals surface area contributed by atoms with Crippen LogP contribution in [0.4, 0.5) is 0 Å². The van der Waals surface area contributed by atoms with E-state index in [-0.39, 0.29) is 40.6 Å². The molecular weight excluding hydrogens is 452 g/mol. The summed E-state index contributed by atoms with van der Waals surface area (Å²) in [5.74, 6) is -0.591. The van der Waals surface area contributed by atoms with Gasteiger partial charge in [0.05, 0.1) is 11.1 Å². The summed E-state index contributed by atoms with van der Waals surface area (Å²) in [4.78, 5) is 28.8. The summed E-state index contributed by atoms with van der Waals surface area (Å²) >= 11 is 0. The summed E-state index contributed by atoms with van der Waals surface area (Å²) in [5.41, 5.74) is 10.9. The minimum absolute atomic E-state index is 0.0334. The molecular formula is C30H38N2O4. The van der Waals surface area contributed by atoms with Gasteiger partial charge < -0.3 is 15.9 Å². The largest absolute Gasteiger partial charge is 0.511 e. The molecule has 4 N–H and O–H groups in total. The number of benzene rings is 1. The van der Waals surface area contributed by atoms with Crippen LogP contribution in [0.5, 0.6) is 5.75 Å². The van der Waals surface area contributed by atoms with Gasteiger partial charge in [0.1, 0.15) is 11.5 Å². The predicted molar refractivity (Wildman–Crippen MR) is 139 cm³/mol. The van der Waals surface area contributed by atoms with Crippen molar-refractivity contribution in [3.63, 3.8) is 0 Å². The predicted octanol–water partition coefficient (Wildman–Crippen LogP) is 5.11. The number of nitrogens with zero attached hydrogens (tertiary/aromatic N) is 1. The second kappa shape index (κ2) is 9.22. The number of aromatic hydroxyl groups is 1. The number of Topliss-reactive ketones (excluding diaryl/α,β-unsaturated/α-hetero) is 1. The van der Waals surface area contributed by atoms with E-state index in [1.807, 2.05) is 26.0 Å². The van der Waals surface area contributed by atoms with Crippen LogP contribution in [-0.4, -0.2) is 38.9 Å². The SMILES string of the molecule is CC/C=C1/C(C(N)=O)=C(O)CC2CC3Cc4c(CN5[C@H](C)CC[C@H]5C)ccc(O)c4C(=O)C3=C(C)C12. The van der Waals surface area contributed by atoms with Crippen LogP contribution in [-0.2, 0) is 17.8 Å². The molecule has 0 spiro atoms. The third kappa shape index (κ3) is 3.81. The Hall–Kier alpha value is -2.86. The van der Waals surface area contributed by atoms with Crippen LogP contribution >= 0.6 is 0 Å². The molecule has 1 aromatic rings. The lowest BCUT2D eigenvalue weighted by molar-refractivity contribution is -0.114. The number of carbonyl (C=O) groups is 2. The Kier molecular flexibility index (Phi) is 6.36. The maximum atomic E-state index is 14.0. The molecule has 0 bridgehead atoms. The molecule has 0 aromatic heterocycles. The molecule has 0 saturated carbocycles. The van der Waals surface area contributed by atoms with Crippen LogP contribution in [0.2, 0.25) is 0 Å². The fourth-order valence-electron chi connectivity index (χ4n) is 7.56. The molecule has 6 heteroatoms. The average Bonchev–Trinajstić information content (AvgIpc) is 3.12. The van der Waals surface area contributed by atoms with E-state index in [1.54, 1.807) is 6.07 Å². The van der Waals surface area contributed by atoms with Crippen molar-refractivity contribution in [3.8, 4) is 5.75 Å². The summed E-state index contributed by atoms with van der Waals surface area (Å²) < 4.78 is 0. The average molecular weight is 491 g/mol. The fraction of sp³-hybridized carbons (Fsp3) is 0.533. The number of amides is 1. The first kappa shape index (κ1) is 24.8. The molecule has 1 heterocycles. The van der Waals surface area contributed by atoms with E-state index in [2.05, 4.69) is 18.7 Å². The number of carbonyl (C=O) groups excluding carboxylic acids is 2. The lowest BCUT2D eigenvalue weighted by Crippen LogP contribution is -2.39. The molecule has 1 amide bonds. The first-order chi connectivity index (χ1) is 17.1. The molecule has 3 aliphatic carbocycles. The minimum Gasteiger partial charge on any atom is -0.511 e. The Labute approximate surface area is 213 Å². The van der Waals surface area contributed by atoms with Crippen molar-refractivity contribution < 1.29 is 19.8 Å². The molecule has 1 fully saturated rings. The highest BCUT2D eigenvalue weighted by Gasteiger charge is 2.47. The molecule has 192 valence electrons. The summed E-state index contributed by atoms with van der Waals surface area (Å²) in [6.07, 6.45) is 6.87. The Morgan fingerprint density at radius 2 is 1.86 bits per heavy atom. The maximum absolute atomic E-state index is 14.0. The summed E-state index contributed by atoms with van der Waals surface area (Å²) in [7, 11) is 0. The molecule has 3 unspecified atom stereocenters. The number of fused-ring (bicyclic) bond motifs is 3. The van der Waals surface area contributed by atoms with Crippen molar-refractivity contribution in [2.45, 2.75) is 84.8 Å². The smallest absolute Gasteiger partial charge is 0.252 e. The number of ketones is 1. The molecule has 1 saturated heterocycles. The van der Waals surface area contributed by atoms with Gasteiger partial charge in [-0.25, -0.2) is 0 Å². The third-order valence-electron chi connectivity index (χ3n) is 9.19. The third-order valence-corrected chi connectivity index (χ3v) is 9.19. The van der Waals surface area contributed by atoms with Gasteiger partial charge in [-0.05, 0) is 87.5 Å². The Morgan fingerprint density at radius 1 is 1.17 bits per heavy atom. The maximum Gasteiger partial charge on any atom is 0.252 e. The van der Waals surface area contributed by atoms with Gasteiger partial charge in [-0.2, -0.15) is 0 Å². The monoisotopic (exact) mass is 490 g/mol. The second-order valence-electron chi connectivity index (χ2n) is 11.3. The molecule has 5 rings (SSSR count). The van der Waals surface area contributed by atoms with E-state index >= 15 is 0 Å². The molecule has 0 radical (unpaired) electrons. The van der Waals surface area contributed by atoms with Crippen LogP contribution in [0.3, 0.4) is 0 Å². The van der Waals surface area contributed by atoms with Gasteiger partial charge in [-0.1, -0.05) is 24.6 Å². The van der Waals surface area contributed by atoms with Crippen molar-refractivity contribution >= 4 is 11.7 Å². The zero-order valence-corrected chi connectivity index (χ0v) is 21.8. The molecule has 1 aromatic carbocycles. The van der Waals surface area contributed by atoms with E-state index in [0.29, 0.717) is 36.9 Å². The van der Waals surface area contributed by atoms with Crippen LogP contribution in [0.1, 0.15) is 81.3 Å². The topological polar surface area (TPSA) is 104 Å². The first-order valence-corrected chi connectivity index (χ1v) is 13.4. The summed E-state index contributed by atoms with van der Waals surface area (Å²) in [6.45, 7) is 9.28. The van der Waals surface area contributed by atoms with E-state index in [0.717, 1.165) is 40.8 Å². The molecule has 4 aliphatic rings. The van der Waals surface area contributed by atoms with Crippen molar-refractivity contribution in [1.82, 2.24) is 4.90 Å². The van der Waals surface area contributed by atoms with E-state index in [1.165, 1.54) is 12.8 Å². The molecule has 5 atom stereocenters. The van der Waals surface area contributed by atoms with Crippen molar-refractivity contribution in [3.05, 3.63) is 63.0 Å². The number of allylic oxidation sites excluding steroid dienone is 4. The van der Waals surface area contributed by atoms with Crippen LogP contribution in [0.15, 0.2) is 46.3 Å². The highest BCUT2D eigenvalue weighted by atomic mass is 16.3. The van der Waals surface area contributed by atoms with E-state index in [9.17, 15) is 19.8 Å². The van der Waals surface area contributed by atoms with Crippen molar-refractivity contribution in [2.24, 2.45) is 23.5 Å². The van der Waals surface area contributed by atoms with Crippen LogP contribution < -0.4 is 5.73 Å². The Bertz CT molecular complexity index is 1210. The van der Waals surface area contributed by atoms with Crippen LogP contribution in [0.25, 0.3) is 0 Å². The molecule has 6 nitrogen and oxygen atoms in total. The van der Waals surface area contributed by atoms with Gasteiger partial charge >= 0.3 is 0 Å². The van der Waals surface area contributed by atoms with E-state index in [4.69, 9.17) is 5.73 Å². The zero-order valence-electron chi connectivity index (χ0n) is 21.8. The number of aliphatic hydroxyl groups excluding tert-OH is 1. The van der Waals surface area contributed by atoms with E-state index < -0.39 is 5.91 Å². The van der Waals surface area contributed by atoms with Gasteiger partial charge in [0.25, 0.3) is 5.91 Å². The number of phenols is 1. The summed E-state index contributed by atoms with van der Waals surface area (Å²) in [5, 5.41) is 21.6. The number of hydrogen-bond acceptors (Lipinski definition) is 5. The van der Waals surface area contributed by atoms with Crippen molar-refractivity contribution in [2.75, 3.05) is 0 Å². The standard InChI is InChI=1S/C30H38N2O4/c1-5-6-21-25-17(4)26-19(11-20(25)13-24(34)28(21)30(31)36)12-22-18(9-10-23(33)27(22)29(26)35)14-32-15(2)7-8-16(32)3/h6,9-10,15-16,19-20,25,33-34H,5,7-8,11-14H2,1-4H3,(H2,31,36)/b21-6+/t15-,16-,19?,20?,25?/m1/s1. The quantitative estimate of drug-likeness (QED) is 0.544. The van der Waals surface area contributed by atoms with Gasteiger partial charge in [0.2, 0.25) is 0 Å². The Morgan fingerprint density at radius 3 is 2.50 bits per heavy atom.